The number of carbonyl (C=O) groups excluding carboxylic acids is 2. The van der Waals surface area contributed by atoms with E-state index >= 15 is 0 Å². The molecular weight excluding hydrogens is 318 g/mol. The van der Waals surface area contributed by atoms with E-state index in [1.54, 1.807) is 4.90 Å². The van der Waals surface area contributed by atoms with E-state index in [1.807, 2.05) is 20.8 Å². The number of amides is 2. The van der Waals surface area contributed by atoms with Crippen LogP contribution in [0.15, 0.2) is 12.2 Å². The Bertz CT molecular complexity index is 559. The Labute approximate surface area is 150 Å². The van der Waals surface area contributed by atoms with Gasteiger partial charge in [0.2, 0.25) is 5.91 Å². The number of carbonyl (C=O) groups is 2. The Balaban J connectivity index is 2.03. The van der Waals surface area contributed by atoms with E-state index in [0.717, 1.165) is 32.1 Å². The largest absolute Gasteiger partial charge is 0.444 e. The highest BCUT2D eigenvalue weighted by atomic mass is 16.6. The third kappa shape index (κ3) is 5.77. The summed E-state index contributed by atoms with van der Waals surface area (Å²) in [5, 5.41) is 12.1. The van der Waals surface area contributed by atoms with E-state index < -0.39 is 11.7 Å². The fourth-order valence-electron chi connectivity index (χ4n) is 3.48. The number of nitriles is 1. The minimum absolute atomic E-state index is 0.0559. The number of hydrogen-bond acceptors (Lipinski definition) is 4. The fourth-order valence-corrected chi connectivity index (χ4v) is 3.48. The molecule has 2 aliphatic rings. The first-order valence-corrected chi connectivity index (χ1v) is 9.14. The smallest absolute Gasteiger partial charge is 0.407 e. The Morgan fingerprint density at radius 1 is 1.36 bits per heavy atom. The lowest BCUT2D eigenvalue weighted by Crippen LogP contribution is -2.47. The molecule has 0 aromatic rings. The highest BCUT2D eigenvalue weighted by molar-refractivity contribution is 5.79. The van der Waals surface area contributed by atoms with Crippen LogP contribution in [0.2, 0.25) is 0 Å². The Morgan fingerprint density at radius 2 is 2.12 bits per heavy atom. The summed E-state index contributed by atoms with van der Waals surface area (Å²) in [5.41, 5.74) is -0.577. The van der Waals surface area contributed by atoms with Crippen LogP contribution in [0.1, 0.15) is 59.3 Å². The molecule has 25 heavy (non-hydrogen) atoms. The molecule has 6 heteroatoms. The van der Waals surface area contributed by atoms with Crippen molar-refractivity contribution in [1.82, 2.24) is 10.2 Å². The zero-order chi connectivity index (χ0) is 18.4. The van der Waals surface area contributed by atoms with E-state index in [9.17, 15) is 14.9 Å². The lowest BCUT2D eigenvalue weighted by atomic mass is 9.86. The van der Waals surface area contributed by atoms with Crippen molar-refractivity contribution in [3.63, 3.8) is 0 Å². The summed E-state index contributed by atoms with van der Waals surface area (Å²) in [7, 11) is 0. The number of likely N-dealkylation sites (tertiary alicyclic amines) is 1. The quantitative estimate of drug-likeness (QED) is 0.792. The summed E-state index contributed by atoms with van der Waals surface area (Å²) >= 11 is 0. The molecule has 1 aliphatic heterocycles. The average molecular weight is 347 g/mol. The Kier molecular flexibility index (Phi) is 6.46. The molecule has 0 radical (unpaired) electrons. The van der Waals surface area contributed by atoms with E-state index in [2.05, 4.69) is 23.5 Å². The van der Waals surface area contributed by atoms with Crippen molar-refractivity contribution in [2.24, 2.45) is 5.92 Å². The molecule has 3 atom stereocenters. The molecule has 1 fully saturated rings. The SMILES string of the molecule is CC(C)(C)OC(=O)NC(CC(=O)N1CCC[C@H]1C#N)C1CC=CCC1. The molecule has 0 spiro atoms. The second-order valence-corrected chi connectivity index (χ2v) is 7.88. The third-order valence-electron chi connectivity index (χ3n) is 4.70. The first-order valence-electron chi connectivity index (χ1n) is 9.14. The van der Waals surface area contributed by atoms with Gasteiger partial charge in [-0.25, -0.2) is 4.79 Å². The van der Waals surface area contributed by atoms with Crippen LogP contribution < -0.4 is 5.32 Å². The lowest BCUT2D eigenvalue weighted by Gasteiger charge is -2.31. The Morgan fingerprint density at radius 3 is 2.72 bits per heavy atom. The van der Waals surface area contributed by atoms with Crippen LogP contribution in [0, 0.1) is 17.2 Å². The summed E-state index contributed by atoms with van der Waals surface area (Å²) in [6.07, 6.45) is 8.30. The van der Waals surface area contributed by atoms with E-state index in [-0.39, 0.29) is 30.3 Å². The van der Waals surface area contributed by atoms with Crippen molar-refractivity contribution >= 4 is 12.0 Å². The second kappa shape index (κ2) is 8.37. The summed E-state index contributed by atoms with van der Waals surface area (Å²) in [5.74, 6) is 0.157. The summed E-state index contributed by atoms with van der Waals surface area (Å²) in [4.78, 5) is 26.6. The van der Waals surface area contributed by atoms with Crippen LogP contribution in [0.25, 0.3) is 0 Å². The first-order chi connectivity index (χ1) is 11.8. The number of ether oxygens (including phenoxy) is 1. The molecule has 0 aromatic carbocycles. The molecule has 1 heterocycles. The van der Waals surface area contributed by atoms with Gasteiger partial charge in [0.15, 0.2) is 0 Å². The van der Waals surface area contributed by atoms with Crippen LogP contribution in [0.5, 0.6) is 0 Å². The molecule has 0 aromatic heterocycles. The van der Waals surface area contributed by atoms with Crippen molar-refractivity contribution in [2.75, 3.05) is 6.54 Å². The van der Waals surface area contributed by atoms with Crippen LogP contribution >= 0.6 is 0 Å². The molecule has 2 unspecified atom stereocenters. The van der Waals surface area contributed by atoms with Gasteiger partial charge in [-0.3, -0.25) is 4.79 Å². The number of nitrogens with one attached hydrogen (secondary N) is 1. The van der Waals surface area contributed by atoms with Crippen LogP contribution in [0.4, 0.5) is 4.79 Å². The molecular formula is C19H29N3O3. The maximum atomic E-state index is 12.7. The minimum atomic E-state index is -0.577. The van der Waals surface area contributed by atoms with Gasteiger partial charge < -0.3 is 15.0 Å². The maximum absolute atomic E-state index is 12.7. The van der Waals surface area contributed by atoms with Gasteiger partial charge in [-0.05, 0) is 58.8 Å². The van der Waals surface area contributed by atoms with Crippen LogP contribution in [-0.2, 0) is 9.53 Å². The molecule has 1 N–H and O–H groups in total. The molecule has 0 saturated carbocycles. The summed E-state index contributed by atoms with van der Waals surface area (Å²) < 4.78 is 5.36. The van der Waals surface area contributed by atoms with Gasteiger partial charge in [-0.2, -0.15) is 5.26 Å². The van der Waals surface area contributed by atoms with Crippen LogP contribution in [0.3, 0.4) is 0 Å². The van der Waals surface area contributed by atoms with Crippen molar-refractivity contribution in [3.05, 3.63) is 12.2 Å². The van der Waals surface area contributed by atoms with Gasteiger partial charge in [0.05, 0.1) is 6.07 Å². The molecule has 6 nitrogen and oxygen atoms in total. The molecule has 1 saturated heterocycles. The van der Waals surface area contributed by atoms with Crippen molar-refractivity contribution in [1.29, 1.82) is 5.26 Å². The number of allylic oxidation sites excluding steroid dienone is 2. The van der Waals surface area contributed by atoms with E-state index in [4.69, 9.17) is 4.74 Å². The highest BCUT2D eigenvalue weighted by Crippen LogP contribution is 2.26. The zero-order valence-electron chi connectivity index (χ0n) is 15.5. The van der Waals surface area contributed by atoms with Crippen molar-refractivity contribution in [3.8, 4) is 6.07 Å². The second-order valence-electron chi connectivity index (χ2n) is 7.88. The first kappa shape index (κ1) is 19.3. The summed E-state index contributed by atoms with van der Waals surface area (Å²) in [6.45, 7) is 6.08. The van der Waals surface area contributed by atoms with Gasteiger partial charge in [-0.1, -0.05) is 12.2 Å². The van der Waals surface area contributed by atoms with Crippen molar-refractivity contribution < 1.29 is 14.3 Å². The van der Waals surface area contributed by atoms with E-state index in [1.165, 1.54) is 0 Å². The van der Waals surface area contributed by atoms with Gasteiger partial charge in [0.1, 0.15) is 11.6 Å². The molecule has 0 bridgehead atoms. The van der Waals surface area contributed by atoms with E-state index in [0.29, 0.717) is 6.54 Å². The van der Waals surface area contributed by atoms with Crippen molar-refractivity contribution in [2.45, 2.75) is 77.0 Å². The number of alkyl carbamates (subject to hydrolysis) is 1. The number of hydrogen-bond donors (Lipinski definition) is 1. The monoisotopic (exact) mass is 347 g/mol. The molecule has 1 aliphatic carbocycles. The van der Waals surface area contributed by atoms with Gasteiger partial charge in [0, 0.05) is 19.0 Å². The fraction of sp³-hybridized carbons (Fsp3) is 0.737. The molecule has 2 rings (SSSR count). The number of rotatable bonds is 4. The topological polar surface area (TPSA) is 82.4 Å². The third-order valence-corrected chi connectivity index (χ3v) is 4.70. The maximum Gasteiger partial charge on any atom is 0.407 e. The van der Waals surface area contributed by atoms with Gasteiger partial charge >= 0.3 is 6.09 Å². The minimum Gasteiger partial charge on any atom is -0.444 e. The Hall–Kier alpha value is -2.03. The lowest BCUT2D eigenvalue weighted by molar-refractivity contribution is -0.132. The zero-order valence-corrected chi connectivity index (χ0v) is 15.5. The van der Waals surface area contributed by atoms with Gasteiger partial charge in [-0.15, -0.1) is 0 Å². The standard InChI is InChI=1S/C19H29N3O3/c1-19(2,3)25-18(24)21-16(14-8-5-4-6-9-14)12-17(23)22-11-7-10-15(22)13-20/h4-5,14-16H,6-12H2,1-3H3,(H,21,24)/t14?,15-,16?/m0/s1. The average Bonchev–Trinajstić information content (AvgIpc) is 3.02. The molecule has 2 amide bonds. The van der Waals surface area contributed by atoms with Crippen LogP contribution in [-0.4, -0.2) is 41.1 Å². The number of nitrogens with zero attached hydrogens (tertiary/aromatic N) is 2. The highest BCUT2D eigenvalue weighted by Gasteiger charge is 2.33. The molecule has 138 valence electrons. The predicted octanol–water partition coefficient (Wildman–Crippen LogP) is 3.14. The predicted molar refractivity (Wildman–Crippen MR) is 94.6 cm³/mol. The normalized spacial score (nSPS) is 24.5. The summed E-state index contributed by atoms with van der Waals surface area (Å²) in [6, 6.07) is 1.60. The van der Waals surface area contributed by atoms with Gasteiger partial charge in [0.25, 0.3) is 0 Å².